The van der Waals surface area contributed by atoms with Gasteiger partial charge in [0.1, 0.15) is 0 Å². The zero-order chi connectivity index (χ0) is 10.6. The molecule has 0 unspecified atom stereocenters. The summed E-state index contributed by atoms with van der Waals surface area (Å²) < 4.78 is 4.82. The molecular formula is C11H16O3. The number of carbonyl (C=O) groups excluding carboxylic acids is 2. The average molecular weight is 196 g/mol. The zero-order valence-electron chi connectivity index (χ0n) is 8.76. The molecule has 1 aliphatic rings. The molecule has 1 aliphatic carbocycles. The van der Waals surface area contributed by atoms with Crippen LogP contribution >= 0.6 is 0 Å². The average Bonchev–Trinajstić information content (AvgIpc) is 2.12. The van der Waals surface area contributed by atoms with Crippen LogP contribution in [0.15, 0.2) is 11.1 Å². The maximum atomic E-state index is 11.5. The molecular weight excluding hydrogens is 180 g/mol. The molecule has 1 rings (SSSR count). The van der Waals surface area contributed by atoms with Crippen molar-refractivity contribution in [3.63, 3.8) is 0 Å². The first-order chi connectivity index (χ1) is 6.65. The summed E-state index contributed by atoms with van der Waals surface area (Å²) in [6, 6.07) is 0. The second kappa shape index (κ2) is 4.94. The highest BCUT2D eigenvalue weighted by molar-refractivity contribution is 6.00. The Hall–Kier alpha value is -1.12. The number of hydrogen-bond acceptors (Lipinski definition) is 3. The number of rotatable bonds is 3. The van der Waals surface area contributed by atoms with Crippen molar-refractivity contribution in [2.24, 2.45) is 0 Å². The minimum absolute atomic E-state index is 0.113. The lowest BCUT2D eigenvalue weighted by molar-refractivity contribution is -0.142. The lowest BCUT2D eigenvalue weighted by atomic mass is 9.90. The normalized spacial score (nSPS) is 17.1. The molecule has 0 aromatic carbocycles. The second-order valence-corrected chi connectivity index (χ2v) is 3.52. The summed E-state index contributed by atoms with van der Waals surface area (Å²) in [5.74, 6) is -0.182. The van der Waals surface area contributed by atoms with Gasteiger partial charge in [0.2, 0.25) is 0 Å². The summed E-state index contributed by atoms with van der Waals surface area (Å²) >= 11 is 0. The summed E-state index contributed by atoms with van der Waals surface area (Å²) in [6.45, 7) is 4.06. The lowest BCUT2D eigenvalue weighted by Crippen LogP contribution is -2.15. The second-order valence-electron chi connectivity index (χ2n) is 3.52. The van der Waals surface area contributed by atoms with Crippen molar-refractivity contribution in [3.05, 3.63) is 11.1 Å². The third-order valence-electron chi connectivity index (χ3n) is 2.43. The number of ether oxygens (including phenoxy) is 1. The Morgan fingerprint density at radius 3 is 2.71 bits per heavy atom. The van der Waals surface area contributed by atoms with Crippen LogP contribution in [0.2, 0.25) is 0 Å². The lowest BCUT2D eigenvalue weighted by Gasteiger charge is -2.15. The highest BCUT2D eigenvalue weighted by atomic mass is 16.5. The maximum Gasteiger partial charge on any atom is 0.310 e. The van der Waals surface area contributed by atoms with Gasteiger partial charge in [0.05, 0.1) is 13.0 Å². The number of ketones is 1. The van der Waals surface area contributed by atoms with E-state index in [0.29, 0.717) is 18.6 Å². The minimum Gasteiger partial charge on any atom is -0.466 e. The largest absolute Gasteiger partial charge is 0.466 e. The van der Waals surface area contributed by atoms with E-state index in [4.69, 9.17) is 4.74 Å². The van der Waals surface area contributed by atoms with Crippen molar-refractivity contribution in [3.8, 4) is 0 Å². The van der Waals surface area contributed by atoms with E-state index in [0.717, 1.165) is 18.4 Å². The van der Waals surface area contributed by atoms with Gasteiger partial charge in [-0.25, -0.2) is 0 Å². The summed E-state index contributed by atoms with van der Waals surface area (Å²) in [6.07, 6.45) is 2.57. The van der Waals surface area contributed by atoms with Crippen LogP contribution < -0.4 is 0 Å². The van der Waals surface area contributed by atoms with Crippen molar-refractivity contribution in [1.82, 2.24) is 0 Å². The van der Waals surface area contributed by atoms with E-state index in [2.05, 4.69) is 0 Å². The van der Waals surface area contributed by atoms with Gasteiger partial charge in [0.15, 0.2) is 5.78 Å². The molecule has 0 saturated carbocycles. The van der Waals surface area contributed by atoms with Crippen LogP contribution in [0.4, 0.5) is 0 Å². The van der Waals surface area contributed by atoms with E-state index in [-0.39, 0.29) is 18.2 Å². The standard InChI is InChI=1S/C11H16O3/c1-3-14-11(13)7-9-8(2)5-4-6-10(9)12/h3-7H2,1-2H3. The monoisotopic (exact) mass is 196 g/mol. The van der Waals surface area contributed by atoms with Gasteiger partial charge < -0.3 is 4.74 Å². The Bertz CT molecular complexity index is 276. The van der Waals surface area contributed by atoms with Crippen LogP contribution in [0.25, 0.3) is 0 Å². The van der Waals surface area contributed by atoms with Crippen LogP contribution in [0.1, 0.15) is 39.5 Å². The number of allylic oxidation sites excluding steroid dienone is 1. The molecule has 3 nitrogen and oxygen atoms in total. The van der Waals surface area contributed by atoms with Gasteiger partial charge in [0.25, 0.3) is 0 Å². The molecule has 0 N–H and O–H groups in total. The van der Waals surface area contributed by atoms with Crippen molar-refractivity contribution < 1.29 is 14.3 Å². The molecule has 0 heterocycles. The van der Waals surface area contributed by atoms with Crippen LogP contribution in [0.3, 0.4) is 0 Å². The molecule has 0 amide bonds. The smallest absolute Gasteiger partial charge is 0.310 e. The fourth-order valence-electron chi connectivity index (χ4n) is 1.66. The fraction of sp³-hybridized carbons (Fsp3) is 0.636. The first kappa shape index (κ1) is 11.0. The molecule has 14 heavy (non-hydrogen) atoms. The molecule has 78 valence electrons. The SMILES string of the molecule is CCOC(=O)CC1=C(C)CCCC1=O. The summed E-state index contributed by atoms with van der Waals surface area (Å²) in [5, 5.41) is 0. The van der Waals surface area contributed by atoms with Crippen molar-refractivity contribution in [2.45, 2.75) is 39.5 Å². The third-order valence-corrected chi connectivity index (χ3v) is 2.43. The third kappa shape index (κ3) is 2.69. The molecule has 0 atom stereocenters. The van der Waals surface area contributed by atoms with Gasteiger partial charge in [0, 0.05) is 12.0 Å². The van der Waals surface area contributed by atoms with E-state index in [1.165, 1.54) is 0 Å². The van der Waals surface area contributed by atoms with E-state index >= 15 is 0 Å². The maximum absolute atomic E-state index is 11.5. The van der Waals surface area contributed by atoms with Crippen LogP contribution in [0.5, 0.6) is 0 Å². The number of carbonyl (C=O) groups is 2. The first-order valence-corrected chi connectivity index (χ1v) is 5.02. The van der Waals surface area contributed by atoms with E-state index in [1.54, 1.807) is 6.92 Å². The highest BCUT2D eigenvalue weighted by Crippen LogP contribution is 2.23. The molecule has 3 heteroatoms. The minimum atomic E-state index is -0.294. The van der Waals surface area contributed by atoms with E-state index in [9.17, 15) is 9.59 Å². The Balaban J connectivity index is 2.65. The van der Waals surface area contributed by atoms with Crippen LogP contribution in [-0.4, -0.2) is 18.4 Å². The number of Topliss-reactive ketones (excluding diaryl/α,β-unsaturated/α-hetero) is 1. The number of hydrogen-bond donors (Lipinski definition) is 0. The van der Waals surface area contributed by atoms with Crippen molar-refractivity contribution in [1.29, 1.82) is 0 Å². The van der Waals surface area contributed by atoms with E-state index < -0.39 is 0 Å². The van der Waals surface area contributed by atoms with Crippen molar-refractivity contribution >= 4 is 11.8 Å². The topological polar surface area (TPSA) is 43.4 Å². The Labute approximate surface area is 84.1 Å². The molecule has 0 bridgehead atoms. The Kier molecular flexibility index (Phi) is 3.86. The molecule has 0 aromatic heterocycles. The molecule has 0 aromatic rings. The molecule has 0 fully saturated rings. The van der Waals surface area contributed by atoms with Crippen molar-refractivity contribution in [2.75, 3.05) is 6.61 Å². The Morgan fingerprint density at radius 1 is 1.43 bits per heavy atom. The zero-order valence-corrected chi connectivity index (χ0v) is 8.76. The molecule has 0 saturated heterocycles. The summed E-state index contributed by atoms with van der Waals surface area (Å²) in [5.41, 5.74) is 1.73. The molecule has 0 radical (unpaired) electrons. The van der Waals surface area contributed by atoms with Crippen LogP contribution in [0, 0.1) is 0 Å². The van der Waals surface area contributed by atoms with Crippen LogP contribution in [-0.2, 0) is 14.3 Å². The summed E-state index contributed by atoms with van der Waals surface area (Å²) in [4.78, 5) is 22.7. The highest BCUT2D eigenvalue weighted by Gasteiger charge is 2.20. The van der Waals surface area contributed by atoms with Gasteiger partial charge >= 0.3 is 5.97 Å². The number of esters is 1. The first-order valence-electron chi connectivity index (χ1n) is 5.02. The van der Waals surface area contributed by atoms with E-state index in [1.807, 2.05) is 6.92 Å². The van der Waals surface area contributed by atoms with Gasteiger partial charge in [-0.2, -0.15) is 0 Å². The predicted molar refractivity (Wildman–Crippen MR) is 52.8 cm³/mol. The molecule has 0 aliphatic heterocycles. The fourth-order valence-corrected chi connectivity index (χ4v) is 1.66. The molecule has 0 spiro atoms. The van der Waals surface area contributed by atoms with Gasteiger partial charge in [-0.1, -0.05) is 5.57 Å². The van der Waals surface area contributed by atoms with Gasteiger partial charge in [-0.15, -0.1) is 0 Å². The predicted octanol–water partition coefficient (Wildman–Crippen LogP) is 2.01. The Morgan fingerprint density at radius 2 is 2.14 bits per heavy atom. The summed E-state index contributed by atoms with van der Waals surface area (Å²) in [7, 11) is 0. The quantitative estimate of drug-likeness (QED) is 0.648. The van der Waals surface area contributed by atoms with Gasteiger partial charge in [-0.3, -0.25) is 9.59 Å². The van der Waals surface area contributed by atoms with Gasteiger partial charge in [-0.05, 0) is 26.7 Å².